The molecule has 0 radical (unpaired) electrons. The molecule has 120 valence electrons. The van der Waals surface area contributed by atoms with E-state index in [4.69, 9.17) is 0 Å². The number of aromatic amines is 1. The van der Waals surface area contributed by atoms with Gasteiger partial charge in [0, 0.05) is 37.7 Å². The summed E-state index contributed by atoms with van der Waals surface area (Å²) < 4.78 is 0. The largest absolute Gasteiger partial charge is 0.340 e. The van der Waals surface area contributed by atoms with Crippen LogP contribution in [0.25, 0.3) is 0 Å². The molecule has 0 aromatic carbocycles. The van der Waals surface area contributed by atoms with Crippen molar-refractivity contribution in [2.45, 2.75) is 44.9 Å². The van der Waals surface area contributed by atoms with Crippen molar-refractivity contribution in [3.05, 3.63) is 17.5 Å². The number of rotatable bonds is 3. The maximum absolute atomic E-state index is 12.5. The Balaban J connectivity index is 1.57. The van der Waals surface area contributed by atoms with E-state index in [9.17, 15) is 9.59 Å². The van der Waals surface area contributed by atoms with E-state index in [0.29, 0.717) is 12.3 Å². The van der Waals surface area contributed by atoms with Crippen molar-refractivity contribution in [2.75, 3.05) is 26.2 Å². The van der Waals surface area contributed by atoms with Gasteiger partial charge in [0.05, 0.1) is 12.7 Å². The number of hydrogen-bond acceptors (Lipinski definition) is 3. The Morgan fingerprint density at radius 1 is 1.36 bits per heavy atom. The van der Waals surface area contributed by atoms with Crippen molar-refractivity contribution in [3.63, 3.8) is 0 Å². The van der Waals surface area contributed by atoms with Crippen molar-refractivity contribution in [2.24, 2.45) is 0 Å². The molecule has 3 rings (SSSR count). The quantitative estimate of drug-likeness (QED) is 0.918. The summed E-state index contributed by atoms with van der Waals surface area (Å²) in [5.74, 6) is 0.548. The fraction of sp³-hybridized carbons (Fsp3) is 0.688. The van der Waals surface area contributed by atoms with Crippen LogP contribution < -0.4 is 0 Å². The normalized spacial score (nSPS) is 23.0. The summed E-state index contributed by atoms with van der Waals surface area (Å²) in [6.07, 6.45) is 6.42. The first-order valence-electron chi connectivity index (χ1n) is 8.20. The number of carbonyl (C=O) groups is 2. The minimum Gasteiger partial charge on any atom is -0.340 e. The van der Waals surface area contributed by atoms with Crippen molar-refractivity contribution in [3.8, 4) is 0 Å². The smallest absolute Gasteiger partial charge is 0.242 e. The third-order valence-corrected chi connectivity index (χ3v) is 4.81. The number of likely N-dealkylation sites (tertiary alicyclic amines) is 2. The molecule has 0 saturated carbocycles. The number of carbonyl (C=O) groups excluding carboxylic acids is 2. The van der Waals surface area contributed by atoms with E-state index in [-0.39, 0.29) is 18.4 Å². The molecule has 0 spiro atoms. The number of hydrogen-bond donors (Lipinski definition) is 1. The van der Waals surface area contributed by atoms with Crippen LogP contribution in [0, 0.1) is 6.92 Å². The summed E-state index contributed by atoms with van der Waals surface area (Å²) in [5.41, 5.74) is 2.29. The topological polar surface area (TPSA) is 69.3 Å². The molecule has 2 fully saturated rings. The van der Waals surface area contributed by atoms with Gasteiger partial charge in [0.25, 0.3) is 0 Å². The Morgan fingerprint density at radius 2 is 2.23 bits per heavy atom. The second-order valence-electron chi connectivity index (χ2n) is 6.42. The number of H-pyrrole nitrogens is 1. The van der Waals surface area contributed by atoms with Crippen LogP contribution in [0.4, 0.5) is 0 Å². The van der Waals surface area contributed by atoms with E-state index >= 15 is 0 Å². The summed E-state index contributed by atoms with van der Waals surface area (Å²) in [6.45, 7) is 4.50. The molecule has 1 unspecified atom stereocenters. The first-order valence-corrected chi connectivity index (χ1v) is 8.20. The number of amides is 2. The molecule has 0 bridgehead atoms. The predicted molar refractivity (Wildman–Crippen MR) is 82.3 cm³/mol. The zero-order valence-electron chi connectivity index (χ0n) is 13.2. The lowest BCUT2D eigenvalue weighted by molar-refractivity contribution is -0.139. The van der Waals surface area contributed by atoms with Gasteiger partial charge < -0.3 is 9.80 Å². The third kappa shape index (κ3) is 3.15. The van der Waals surface area contributed by atoms with Gasteiger partial charge in [-0.3, -0.25) is 14.7 Å². The zero-order chi connectivity index (χ0) is 15.5. The highest BCUT2D eigenvalue weighted by Crippen LogP contribution is 2.27. The summed E-state index contributed by atoms with van der Waals surface area (Å²) in [7, 11) is 0. The van der Waals surface area contributed by atoms with E-state index < -0.39 is 0 Å². The second-order valence-corrected chi connectivity index (χ2v) is 6.42. The van der Waals surface area contributed by atoms with E-state index in [1.165, 1.54) is 0 Å². The molecular formula is C16H24N4O2. The molecule has 1 N–H and O–H groups in total. The number of nitrogens with one attached hydrogen (secondary N) is 1. The Labute approximate surface area is 130 Å². The van der Waals surface area contributed by atoms with Crippen LogP contribution >= 0.6 is 0 Å². The molecule has 1 atom stereocenters. The molecule has 2 aliphatic rings. The Kier molecular flexibility index (Phi) is 4.45. The molecule has 1 aromatic heterocycles. The zero-order valence-corrected chi connectivity index (χ0v) is 13.2. The highest BCUT2D eigenvalue weighted by atomic mass is 16.2. The Morgan fingerprint density at radius 3 is 3.00 bits per heavy atom. The lowest BCUT2D eigenvalue weighted by Crippen LogP contribution is -2.41. The molecule has 2 saturated heterocycles. The maximum atomic E-state index is 12.5. The van der Waals surface area contributed by atoms with Crippen molar-refractivity contribution < 1.29 is 9.59 Å². The molecule has 0 aliphatic carbocycles. The number of aromatic nitrogens is 2. The molecule has 6 nitrogen and oxygen atoms in total. The van der Waals surface area contributed by atoms with E-state index in [0.717, 1.165) is 56.6 Å². The monoisotopic (exact) mass is 304 g/mol. The minimum atomic E-state index is 0.0786. The summed E-state index contributed by atoms with van der Waals surface area (Å²) >= 11 is 0. The highest BCUT2D eigenvalue weighted by molar-refractivity contribution is 5.85. The molecular weight excluding hydrogens is 280 g/mol. The van der Waals surface area contributed by atoms with Crippen LogP contribution in [0.1, 0.15) is 49.3 Å². The minimum absolute atomic E-state index is 0.0786. The van der Waals surface area contributed by atoms with Crippen molar-refractivity contribution in [1.82, 2.24) is 20.0 Å². The van der Waals surface area contributed by atoms with Crippen molar-refractivity contribution in [1.29, 1.82) is 0 Å². The van der Waals surface area contributed by atoms with Gasteiger partial charge in [-0.15, -0.1) is 0 Å². The first-order chi connectivity index (χ1) is 10.6. The van der Waals surface area contributed by atoms with Gasteiger partial charge in [0.1, 0.15) is 0 Å². The lowest BCUT2D eigenvalue weighted by Gasteiger charge is -2.24. The predicted octanol–water partition coefficient (Wildman–Crippen LogP) is 1.44. The Bertz CT molecular complexity index is 554. The van der Waals surface area contributed by atoms with Gasteiger partial charge in [-0.05, 0) is 31.7 Å². The summed E-state index contributed by atoms with van der Waals surface area (Å²) in [5, 5.41) is 7.12. The van der Waals surface area contributed by atoms with Gasteiger partial charge in [-0.25, -0.2) is 0 Å². The maximum Gasteiger partial charge on any atom is 0.242 e. The van der Waals surface area contributed by atoms with E-state index in [1.54, 1.807) is 4.90 Å². The third-order valence-electron chi connectivity index (χ3n) is 4.81. The molecule has 6 heteroatoms. The lowest BCUT2D eigenvalue weighted by atomic mass is 10.0. The summed E-state index contributed by atoms with van der Waals surface area (Å²) in [6, 6.07) is 0. The number of nitrogens with zero attached hydrogens (tertiary/aromatic N) is 3. The number of aryl methyl sites for hydroxylation is 1. The average Bonchev–Trinajstić information content (AvgIpc) is 3.09. The average molecular weight is 304 g/mol. The SMILES string of the molecule is Cc1cn[nH]c1C1CCN(C(=O)CN2CCCCCC2=O)C1. The molecule has 3 heterocycles. The molecule has 2 amide bonds. The van der Waals surface area contributed by atoms with Crippen LogP contribution in [-0.2, 0) is 9.59 Å². The van der Waals surface area contributed by atoms with Gasteiger partial charge in [-0.2, -0.15) is 5.10 Å². The van der Waals surface area contributed by atoms with Crippen LogP contribution in [-0.4, -0.2) is 58.0 Å². The van der Waals surface area contributed by atoms with Gasteiger partial charge in [0.2, 0.25) is 11.8 Å². The van der Waals surface area contributed by atoms with E-state index in [1.807, 2.05) is 18.0 Å². The Hall–Kier alpha value is -1.85. The second kappa shape index (κ2) is 6.50. The van der Waals surface area contributed by atoms with Crippen molar-refractivity contribution >= 4 is 11.8 Å². The van der Waals surface area contributed by atoms with Crippen LogP contribution in [0.3, 0.4) is 0 Å². The van der Waals surface area contributed by atoms with Crippen LogP contribution in [0.15, 0.2) is 6.20 Å². The fourth-order valence-electron chi connectivity index (χ4n) is 3.46. The van der Waals surface area contributed by atoms with Crippen LogP contribution in [0.5, 0.6) is 0 Å². The fourth-order valence-corrected chi connectivity index (χ4v) is 3.46. The summed E-state index contributed by atoms with van der Waals surface area (Å²) in [4.78, 5) is 28.1. The molecule has 22 heavy (non-hydrogen) atoms. The van der Waals surface area contributed by atoms with Gasteiger partial charge in [0.15, 0.2) is 0 Å². The highest BCUT2D eigenvalue weighted by Gasteiger charge is 2.30. The standard InChI is InChI=1S/C16H24N4O2/c1-12-9-17-18-16(12)13-6-8-20(10-13)15(22)11-19-7-4-2-3-5-14(19)21/h9,13H,2-8,10-11H2,1H3,(H,17,18). The van der Waals surface area contributed by atoms with Gasteiger partial charge >= 0.3 is 0 Å². The van der Waals surface area contributed by atoms with E-state index in [2.05, 4.69) is 10.2 Å². The molecule has 2 aliphatic heterocycles. The molecule has 1 aromatic rings. The van der Waals surface area contributed by atoms with Crippen LogP contribution in [0.2, 0.25) is 0 Å². The first kappa shape index (κ1) is 15.1. The van der Waals surface area contributed by atoms with Gasteiger partial charge in [-0.1, -0.05) is 6.42 Å².